The van der Waals surface area contributed by atoms with Gasteiger partial charge < -0.3 is 15.8 Å². The summed E-state index contributed by atoms with van der Waals surface area (Å²) in [5, 5.41) is 3.79. The molecule has 1 saturated heterocycles. The minimum absolute atomic E-state index is 0.0713. The molecule has 0 bridgehead atoms. The summed E-state index contributed by atoms with van der Waals surface area (Å²) in [5.41, 5.74) is 6.46. The Morgan fingerprint density at radius 2 is 1.86 bits per heavy atom. The Kier molecular flexibility index (Phi) is 5.25. The molecule has 0 saturated carbocycles. The average molecular weight is 311 g/mol. The van der Waals surface area contributed by atoms with Crippen molar-refractivity contribution in [1.82, 2.24) is 5.32 Å². The maximum absolute atomic E-state index is 12.6. The van der Waals surface area contributed by atoms with Crippen molar-refractivity contribution < 1.29 is 9.53 Å². The number of ether oxygens (including phenoxy) is 1. The van der Waals surface area contributed by atoms with E-state index in [0.29, 0.717) is 31.1 Å². The number of rotatable bonds is 4. The molecule has 0 radical (unpaired) electrons. The van der Waals surface area contributed by atoms with Crippen LogP contribution in [0.1, 0.15) is 38.3 Å². The maximum Gasteiger partial charge on any atom is 0.240 e. The minimum atomic E-state index is -0.822. The second kappa shape index (κ2) is 6.77. The van der Waals surface area contributed by atoms with Crippen molar-refractivity contribution in [3.63, 3.8) is 0 Å². The zero-order chi connectivity index (χ0) is 15.5. The minimum Gasteiger partial charge on any atom is -0.381 e. The van der Waals surface area contributed by atoms with E-state index in [0.717, 1.165) is 5.56 Å². The predicted octanol–water partition coefficient (Wildman–Crippen LogP) is 2.66. The van der Waals surface area contributed by atoms with Crippen LogP contribution in [-0.2, 0) is 9.53 Å². The Morgan fingerprint density at radius 1 is 1.29 bits per heavy atom. The van der Waals surface area contributed by atoms with Crippen LogP contribution in [0.4, 0.5) is 0 Å². The van der Waals surface area contributed by atoms with Crippen LogP contribution < -0.4 is 11.1 Å². The second-order valence-corrected chi connectivity index (χ2v) is 6.45. The molecule has 1 fully saturated rings. The van der Waals surface area contributed by atoms with Crippen molar-refractivity contribution in [3.8, 4) is 0 Å². The summed E-state index contributed by atoms with van der Waals surface area (Å²) in [6.07, 6.45) is 1.12. The van der Waals surface area contributed by atoms with Gasteiger partial charge in [0, 0.05) is 18.2 Å². The highest BCUT2D eigenvalue weighted by Gasteiger charge is 2.37. The standard InChI is InChI=1S/C16H23ClN2O2/c1-11(2)14(12-3-5-13(17)6-4-12)19-15(20)16(18)7-9-21-10-8-16/h3-6,11,14H,7-10,18H2,1-2H3,(H,19,20). The molecule has 1 aliphatic heterocycles. The Labute approximate surface area is 131 Å². The zero-order valence-corrected chi connectivity index (χ0v) is 13.3. The molecule has 5 heteroatoms. The highest BCUT2D eigenvalue weighted by Crippen LogP contribution is 2.25. The normalized spacial score (nSPS) is 19.3. The Balaban J connectivity index is 2.12. The molecular formula is C16H23ClN2O2. The van der Waals surface area contributed by atoms with Gasteiger partial charge in [0.2, 0.25) is 5.91 Å². The molecule has 0 aromatic heterocycles. The molecule has 4 nitrogen and oxygen atoms in total. The molecule has 1 amide bonds. The highest BCUT2D eigenvalue weighted by molar-refractivity contribution is 6.30. The lowest BCUT2D eigenvalue weighted by atomic mass is 9.88. The number of carbonyl (C=O) groups is 1. The molecule has 1 unspecified atom stereocenters. The fourth-order valence-electron chi connectivity index (χ4n) is 2.55. The number of carbonyl (C=O) groups excluding carboxylic acids is 1. The number of hydrogen-bond acceptors (Lipinski definition) is 3. The van der Waals surface area contributed by atoms with Crippen molar-refractivity contribution in [2.45, 2.75) is 38.3 Å². The Bertz CT molecular complexity index is 482. The SMILES string of the molecule is CC(C)C(NC(=O)C1(N)CCOCC1)c1ccc(Cl)cc1. The molecule has 3 N–H and O–H groups in total. The van der Waals surface area contributed by atoms with E-state index in [1.165, 1.54) is 0 Å². The quantitative estimate of drug-likeness (QED) is 0.898. The van der Waals surface area contributed by atoms with Gasteiger partial charge in [-0.3, -0.25) is 4.79 Å². The lowest BCUT2D eigenvalue weighted by Crippen LogP contribution is -2.57. The lowest BCUT2D eigenvalue weighted by Gasteiger charge is -2.34. The van der Waals surface area contributed by atoms with E-state index in [9.17, 15) is 4.79 Å². The first-order valence-electron chi connectivity index (χ1n) is 7.35. The zero-order valence-electron chi connectivity index (χ0n) is 12.6. The maximum atomic E-state index is 12.6. The molecule has 1 heterocycles. The summed E-state index contributed by atoms with van der Waals surface area (Å²) >= 11 is 5.92. The summed E-state index contributed by atoms with van der Waals surface area (Å²) < 4.78 is 5.29. The largest absolute Gasteiger partial charge is 0.381 e. The van der Waals surface area contributed by atoms with Crippen LogP contribution in [0.15, 0.2) is 24.3 Å². The number of amides is 1. The topological polar surface area (TPSA) is 64.4 Å². The molecule has 21 heavy (non-hydrogen) atoms. The van der Waals surface area contributed by atoms with E-state index in [4.69, 9.17) is 22.1 Å². The van der Waals surface area contributed by atoms with Gasteiger partial charge in [-0.1, -0.05) is 37.6 Å². The van der Waals surface area contributed by atoms with E-state index in [-0.39, 0.29) is 17.9 Å². The lowest BCUT2D eigenvalue weighted by molar-refractivity contribution is -0.130. The Hall–Kier alpha value is -1.10. The van der Waals surface area contributed by atoms with Crippen molar-refractivity contribution in [1.29, 1.82) is 0 Å². The third-order valence-corrected chi connectivity index (χ3v) is 4.27. The third-order valence-electron chi connectivity index (χ3n) is 4.02. The first kappa shape index (κ1) is 16.3. The van der Waals surface area contributed by atoms with Crippen LogP contribution in [0.25, 0.3) is 0 Å². The van der Waals surface area contributed by atoms with Crippen LogP contribution in [0.2, 0.25) is 5.02 Å². The second-order valence-electron chi connectivity index (χ2n) is 6.02. The van der Waals surface area contributed by atoms with Crippen molar-refractivity contribution in [2.24, 2.45) is 11.7 Å². The molecular weight excluding hydrogens is 288 g/mol. The summed E-state index contributed by atoms with van der Waals surface area (Å²) in [4.78, 5) is 12.6. The van der Waals surface area contributed by atoms with Gasteiger partial charge in [0.25, 0.3) is 0 Å². The molecule has 1 aliphatic rings. The van der Waals surface area contributed by atoms with Gasteiger partial charge in [0.15, 0.2) is 0 Å². The summed E-state index contributed by atoms with van der Waals surface area (Å²) in [7, 11) is 0. The molecule has 0 spiro atoms. The van der Waals surface area contributed by atoms with Gasteiger partial charge >= 0.3 is 0 Å². The van der Waals surface area contributed by atoms with E-state index in [2.05, 4.69) is 19.2 Å². The predicted molar refractivity (Wildman–Crippen MR) is 84.1 cm³/mol. The van der Waals surface area contributed by atoms with Crippen molar-refractivity contribution in [2.75, 3.05) is 13.2 Å². The van der Waals surface area contributed by atoms with Crippen molar-refractivity contribution in [3.05, 3.63) is 34.9 Å². The smallest absolute Gasteiger partial charge is 0.240 e. The molecule has 116 valence electrons. The fourth-order valence-corrected chi connectivity index (χ4v) is 2.68. The third kappa shape index (κ3) is 3.96. The molecule has 1 atom stereocenters. The Morgan fingerprint density at radius 3 is 2.38 bits per heavy atom. The van der Waals surface area contributed by atoms with Crippen LogP contribution >= 0.6 is 11.6 Å². The molecule has 2 rings (SSSR count). The number of nitrogens with one attached hydrogen (secondary N) is 1. The number of benzene rings is 1. The van der Waals surface area contributed by atoms with Gasteiger partial charge in [-0.25, -0.2) is 0 Å². The van der Waals surface area contributed by atoms with Gasteiger partial charge in [-0.05, 0) is 36.5 Å². The summed E-state index contributed by atoms with van der Waals surface area (Å²) in [6, 6.07) is 7.50. The van der Waals surface area contributed by atoms with E-state index in [1.54, 1.807) is 0 Å². The first-order valence-corrected chi connectivity index (χ1v) is 7.73. The van der Waals surface area contributed by atoms with Crippen LogP contribution in [0.5, 0.6) is 0 Å². The number of halogens is 1. The average Bonchev–Trinajstić information content (AvgIpc) is 2.46. The van der Waals surface area contributed by atoms with Crippen molar-refractivity contribution >= 4 is 17.5 Å². The summed E-state index contributed by atoms with van der Waals surface area (Å²) in [5.74, 6) is 0.165. The van der Waals surface area contributed by atoms with E-state index in [1.807, 2.05) is 24.3 Å². The summed E-state index contributed by atoms with van der Waals surface area (Å²) in [6.45, 7) is 5.23. The van der Waals surface area contributed by atoms with E-state index < -0.39 is 5.54 Å². The fraction of sp³-hybridized carbons (Fsp3) is 0.562. The van der Waals surface area contributed by atoms with Crippen LogP contribution in [-0.4, -0.2) is 24.7 Å². The van der Waals surface area contributed by atoms with Gasteiger partial charge in [-0.15, -0.1) is 0 Å². The molecule has 1 aromatic rings. The molecule has 0 aliphatic carbocycles. The first-order chi connectivity index (χ1) is 9.92. The highest BCUT2D eigenvalue weighted by atomic mass is 35.5. The van der Waals surface area contributed by atoms with Gasteiger partial charge in [0.1, 0.15) is 0 Å². The van der Waals surface area contributed by atoms with Gasteiger partial charge in [0.05, 0.1) is 11.6 Å². The van der Waals surface area contributed by atoms with Crippen LogP contribution in [0.3, 0.4) is 0 Å². The number of hydrogen-bond donors (Lipinski definition) is 2. The van der Waals surface area contributed by atoms with Gasteiger partial charge in [-0.2, -0.15) is 0 Å². The monoisotopic (exact) mass is 310 g/mol. The molecule has 1 aromatic carbocycles. The number of nitrogens with two attached hydrogens (primary N) is 1. The van der Waals surface area contributed by atoms with Crippen LogP contribution in [0, 0.1) is 5.92 Å². The van der Waals surface area contributed by atoms with E-state index >= 15 is 0 Å².